The van der Waals surface area contributed by atoms with Crippen LogP contribution in [0.5, 0.6) is 0 Å². The van der Waals surface area contributed by atoms with Crippen LogP contribution in [-0.2, 0) is 35.5 Å². The first kappa shape index (κ1) is 19.5. The summed E-state index contributed by atoms with van der Waals surface area (Å²) >= 11 is 1.67. The topological polar surface area (TPSA) is 76.5 Å². The Bertz CT molecular complexity index is 914. The van der Waals surface area contributed by atoms with Crippen LogP contribution in [0.2, 0.25) is 0 Å². The molecule has 1 fully saturated rings. The Hall–Kier alpha value is -1.77. The molecule has 0 atom stereocenters. The van der Waals surface area contributed by atoms with Crippen molar-refractivity contribution in [3.8, 4) is 0 Å². The Kier molecular flexibility index (Phi) is 6.08. The van der Waals surface area contributed by atoms with Crippen molar-refractivity contribution in [3.63, 3.8) is 0 Å². The van der Waals surface area contributed by atoms with Crippen LogP contribution in [0.3, 0.4) is 0 Å². The van der Waals surface area contributed by atoms with Crippen molar-refractivity contribution in [2.24, 2.45) is 0 Å². The predicted octanol–water partition coefficient (Wildman–Crippen LogP) is 1.70. The number of amides is 1. The number of methoxy groups -OCH3 is 1. The first-order valence-electron chi connectivity index (χ1n) is 10.2. The minimum absolute atomic E-state index is 0.0132. The first-order valence-corrected chi connectivity index (χ1v) is 11.0. The van der Waals surface area contributed by atoms with Crippen molar-refractivity contribution in [3.05, 3.63) is 26.6 Å². The maximum atomic E-state index is 13.4. The summed E-state index contributed by atoms with van der Waals surface area (Å²) in [4.78, 5) is 35.2. The molecule has 0 spiro atoms. The number of carbonyl (C=O) groups is 1. The maximum absolute atomic E-state index is 13.4. The van der Waals surface area contributed by atoms with Gasteiger partial charge in [-0.25, -0.2) is 4.98 Å². The SMILES string of the molecule is COCCNC(=O)Cn1c(CN2CCCC2)nc2sc3c(c2c1=O)CCCC3. The Morgan fingerprint density at radius 3 is 2.79 bits per heavy atom. The summed E-state index contributed by atoms with van der Waals surface area (Å²) in [5.74, 6) is 0.534. The van der Waals surface area contributed by atoms with Crippen LogP contribution in [0, 0.1) is 0 Å². The number of ether oxygens (including phenoxy) is 1. The summed E-state index contributed by atoms with van der Waals surface area (Å²) in [5.41, 5.74) is 1.12. The third-order valence-corrected chi connectivity index (χ3v) is 6.83. The number of aromatic nitrogens is 2. The molecule has 1 N–H and O–H groups in total. The van der Waals surface area contributed by atoms with Crippen LogP contribution in [0.4, 0.5) is 0 Å². The van der Waals surface area contributed by atoms with E-state index in [1.54, 1.807) is 23.0 Å². The molecule has 0 unspecified atom stereocenters. The average Bonchev–Trinajstić information content (AvgIpc) is 3.32. The van der Waals surface area contributed by atoms with Gasteiger partial charge in [-0.2, -0.15) is 0 Å². The normalized spacial score (nSPS) is 17.2. The summed E-state index contributed by atoms with van der Waals surface area (Å²) < 4.78 is 6.59. The standard InChI is InChI=1S/C20H28N4O3S/c1-27-11-8-21-17(25)13-24-16(12-23-9-4-5-10-23)22-19-18(20(24)26)14-6-2-3-7-15(14)28-19/h2-13H2,1H3,(H,21,25). The highest BCUT2D eigenvalue weighted by atomic mass is 32.1. The zero-order valence-electron chi connectivity index (χ0n) is 16.5. The molecule has 8 heteroatoms. The first-order chi connectivity index (χ1) is 13.7. The van der Waals surface area contributed by atoms with Crippen LogP contribution in [0.25, 0.3) is 10.2 Å². The van der Waals surface area contributed by atoms with E-state index in [1.807, 2.05) is 0 Å². The summed E-state index contributed by atoms with van der Waals surface area (Å²) in [5, 5.41) is 3.57. The van der Waals surface area contributed by atoms with Gasteiger partial charge in [-0.05, 0) is 57.2 Å². The minimum Gasteiger partial charge on any atom is -0.383 e. The fourth-order valence-corrected chi connectivity index (χ4v) is 5.47. The van der Waals surface area contributed by atoms with Gasteiger partial charge in [0.05, 0.1) is 18.5 Å². The van der Waals surface area contributed by atoms with Gasteiger partial charge in [-0.1, -0.05) is 0 Å². The van der Waals surface area contributed by atoms with Crippen molar-refractivity contribution >= 4 is 27.5 Å². The lowest BCUT2D eigenvalue weighted by Crippen LogP contribution is -2.37. The van der Waals surface area contributed by atoms with Crippen molar-refractivity contribution in [1.29, 1.82) is 0 Å². The second-order valence-corrected chi connectivity index (χ2v) is 8.72. The number of carbonyl (C=O) groups excluding carboxylic acids is 1. The third-order valence-electron chi connectivity index (χ3n) is 5.65. The van der Waals surface area contributed by atoms with E-state index in [0.717, 1.165) is 42.6 Å². The quantitative estimate of drug-likeness (QED) is 0.711. The van der Waals surface area contributed by atoms with E-state index in [-0.39, 0.29) is 18.0 Å². The highest BCUT2D eigenvalue weighted by Gasteiger charge is 2.24. The van der Waals surface area contributed by atoms with Gasteiger partial charge in [0.2, 0.25) is 5.91 Å². The Morgan fingerprint density at radius 2 is 2.00 bits per heavy atom. The molecule has 2 aliphatic rings. The van der Waals surface area contributed by atoms with Crippen LogP contribution < -0.4 is 10.9 Å². The second kappa shape index (κ2) is 8.71. The largest absolute Gasteiger partial charge is 0.383 e. The van der Waals surface area contributed by atoms with Gasteiger partial charge in [0.15, 0.2) is 0 Å². The fraction of sp³-hybridized carbons (Fsp3) is 0.650. The minimum atomic E-state index is -0.174. The van der Waals surface area contributed by atoms with Crippen molar-refractivity contribution in [2.45, 2.75) is 51.6 Å². The summed E-state index contributed by atoms with van der Waals surface area (Å²) in [6, 6.07) is 0. The highest BCUT2D eigenvalue weighted by molar-refractivity contribution is 7.18. The average molecular weight is 405 g/mol. The maximum Gasteiger partial charge on any atom is 0.263 e. The van der Waals surface area contributed by atoms with Gasteiger partial charge >= 0.3 is 0 Å². The van der Waals surface area contributed by atoms with Crippen molar-refractivity contribution in [1.82, 2.24) is 19.8 Å². The molecule has 7 nitrogen and oxygen atoms in total. The van der Waals surface area contributed by atoms with Gasteiger partial charge < -0.3 is 10.1 Å². The number of nitrogens with one attached hydrogen (secondary N) is 1. The number of thiophene rings is 1. The monoisotopic (exact) mass is 404 g/mol. The fourth-order valence-electron chi connectivity index (χ4n) is 4.20. The Balaban J connectivity index is 1.71. The number of fused-ring (bicyclic) bond motifs is 3. The number of likely N-dealkylation sites (tertiary alicyclic amines) is 1. The highest BCUT2D eigenvalue weighted by Crippen LogP contribution is 2.33. The number of hydrogen-bond acceptors (Lipinski definition) is 6. The lowest BCUT2D eigenvalue weighted by Gasteiger charge is -2.18. The van der Waals surface area contributed by atoms with Crippen LogP contribution in [0.1, 0.15) is 41.9 Å². The molecular weight excluding hydrogens is 376 g/mol. The van der Waals surface area contributed by atoms with Crippen molar-refractivity contribution in [2.75, 3.05) is 33.4 Å². The molecule has 0 radical (unpaired) electrons. The van der Waals surface area contributed by atoms with Gasteiger partial charge in [0, 0.05) is 18.5 Å². The van der Waals surface area contributed by atoms with Gasteiger partial charge in [0.25, 0.3) is 5.56 Å². The molecule has 3 heterocycles. The molecule has 2 aromatic rings. The van der Waals surface area contributed by atoms with E-state index in [0.29, 0.717) is 25.5 Å². The zero-order valence-corrected chi connectivity index (χ0v) is 17.3. The van der Waals surface area contributed by atoms with E-state index in [1.165, 1.54) is 29.7 Å². The van der Waals surface area contributed by atoms with E-state index >= 15 is 0 Å². The zero-order chi connectivity index (χ0) is 19.5. The summed E-state index contributed by atoms with van der Waals surface area (Å²) in [7, 11) is 1.60. The molecule has 1 aliphatic heterocycles. The van der Waals surface area contributed by atoms with Crippen molar-refractivity contribution < 1.29 is 9.53 Å². The molecule has 1 saturated heterocycles. The molecule has 1 aliphatic carbocycles. The molecule has 2 aromatic heterocycles. The molecule has 152 valence electrons. The summed E-state index contributed by atoms with van der Waals surface area (Å²) in [6.45, 7) is 3.58. The number of nitrogens with zero attached hydrogens (tertiary/aromatic N) is 3. The molecular formula is C20H28N4O3S. The van der Waals surface area contributed by atoms with E-state index in [9.17, 15) is 9.59 Å². The Labute approximate surface area is 168 Å². The van der Waals surface area contributed by atoms with Gasteiger partial charge in [-0.15, -0.1) is 11.3 Å². The van der Waals surface area contributed by atoms with Crippen LogP contribution >= 0.6 is 11.3 Å². The van der Waals surface area contributed by atoms with Crippen LogP contribution in [0.15, 0.2) is 4.79 Å². The van der Waals surface area contributed by atoms with E-state index in [4.69, 9.17) is 9.72 Å². The molecule has 4 rings (SSSR count). The molecule has 0 saturated carbocycles. The molecule has 0 aromatic carbocycles. The Morgan fingerprint density at radius 1 is 1.21 bits per heavy atom. The molecule has 0 bridgehead atoms. The lowest BCUT2D eigenvalue weighted by atomic mass is 9.97. The summed E-state index contributed by atoms with van der Waals surface area (Å²) in [6.07, 6.45) is 6.63. The van der Waals surface area contributed by atoms with E-state index in [2.05, 4.69) is 10.2 Å². The number of rotatable bonds is 7. The van der Waals surface area contributed by atoms with Gasteiger partial charge in [0.1, 0.15) is 17.2 Å². The molecule has 28 heavy (non-hydrogen) atoms. The molecule has 1 amide bonds. The number of hydrogen-bond donors (Lipinski definition) is 1. The third kappa shape index (κ3) is 3.99. The number of aryl methyl sites for hydroxylation is 2. The van der Waals surface area contributed by atoms with Crippen LogP contribution in [-0.4, -0.2) is 53.7 Å². The van der Waals surface area contributed by atoms with Gasteiger partial charge in [-0.3, -0.25) is 19.1 Å². The predicted molar refractivity (Wildman–Crippen MR) is 110 cm³/mol. The second-order valence-electron chi connectivity index (χ2n) is 7.64. The lowest BCUT2D eigenvalue weighted by molar-refractivity contribution is -0.121. The van der Waals surface area contributed by atoms with E-state index < -0.39 is 0 Å². The smallest absolute Gasteiger partial charge is 0.263 e.